The summed E-state index contributed by atoms with van der Waals surface area (Å²) in [5.74, 6) is -0.175. The van der Waals surface area contributed by atoms with Gasteiger partial charge in [0, 0.05) is 37.0 Å². The molecule has 1 atom stereocenters. The highest BCUT2D eigenvalue weighted by molar-refractivity contribution is 7.08. The number of nitrogens with one attached hydrogen (secondary N) is 1. The zero-order valence-electron chi connectivity index (χ0n) is 10.9. The van der Waals surface area contributed by atoms with Gasteiger partial charge in [-0.2, -0.15) is 11.3 Å². The highest BCUT2D eigenvalue weighted by atomic mass is 32.1. The minimum Gasteiger partial charge on any atom is -0.388 e. The van der Waals surface area contributed by atoms with Gasteiger partial charge in [-0.15, -0.1) is 0 Å². The minimum absolute atomic E-state index is 0.0246. The van der Waals surface area contributed by atoms with E-state index in [1.54, 1.807) is 23.3 Å². The van der Waals surface area contributed by atoms with Crippen LogP contribution in [-0.4, -0.2) is 47.1 Å². The Morgan fingerprint density at radius 2 is 2.37 bits per heavy atom. The largest absolute Gasteiger partial charge is 0.388 e. The lowest BCUT2D eigenvalue weighted by atomic mass is 10.1. The number of likely N-dealkylation sites (tertiary alicyclic amines) is 1. The third-order valence-electron chi connectivity index (χ3n) is 3.21. The molecule has 2 amide bonds. The summed E-state index contributed by atoms with van der Waals surface area (Å²) in [6.45, 7) is 3.03. The number of nitrogens with zero attached hydrogens (tertiary/aromatic N) is 1. The fourth-order valence-electron chi connectivity index (χ4n) is 2.09. The van der Waals surface area contributed by atoms with Gasteiger partial charge >= 0.3 is 0 Å². The Hall–Kier alpha value is -1.40. The van der Waals surface area contributed by atoms with Gasteiger partial charge in [-0.25, -0.2) is 0 Å². The van der Waals surface area contributed by atoms with Gasteiger partial charge in [0.25, 0.3) is 5.91 Å². The molecule has 1 unspecified atom stereocenters. The third kappa shape index (κ3) is 3.78. The summed E-state index contributed by atoms with van der Waals surface area (Å²) in [6.07, 6.45) is 0.881. The first kappa shape index (κ1) is 14.0. The first-order chi connectivity index (χ1) is 8.98. The summed E-state index contributed by atoms with van der Waals surface area (Å²) in [5, 5.41) is 16.1. The number of hydrogen-bond acceptors (Lipinski definition) is 4. The van der Waals surface area contributed by atoms with E-state index in [1.807, 2.05) is 5.38 Å². The van der Waals surface area contributed by atoms with Gasteiger partial charge in [0.15, 0.2) is 0 Å². The van der Waals surface area contributed by atoms with E-state index in [1.165, 1.54) is 11.3 Å². The van der Waals surface area contributed by atoms with Gasteiger partial charge in [0.05, 0.1) is 5.60 Å². The van der Waals surface area contributed by atoms with Gasteiger partial charge in [0.1, 0.15) is 0 Å². The van der Waals surface area contributed by atoms with Crippen molar-refractivity contribution in [1.29, 1.82) is 0 Å². The Bertz CT molecular complexity index is 456. The predicted octanol–water partition coefficient (Wildman–Crippen LogP) is 0.851. The lowest BCUT2D eigenvalue weighted by molar-refractivity contribution is -0.130. The number of carbonyl (C=O) groups is 2. The minimum atomic E-state index is -0.768. The molecule has 2 N–H and O–H groups in total. The molecular formula is C13H18N2O3S. The molecule has 1 aliphatic rings. The van der Waals surface area contributed by atoms with Crippen molar-refractivity contribution in [3.05, 3.63) is 22.4 Å². The first-order valence-corrected chi connectivity index (χ1v) is 7.23. The van der Waals surface area contributed by atoms with Crippen LogP contribution in [0, 0.1) is 0 Å². The Morgan fingerprint density at radius 1 is 1.58 bits per heavy atom. The van der Waals surface area contributed by atoms with Crippen molar-refractivity contribution in [3.63, 3.8) is 0 Å². The molecule has 19 heavy (non-hydrogen) atoms. The molecule has 0 radical (unpaired) electrons. The topological polar surface area (TPSA) is 69.6 Å². The van der Waals surface area contributed by atoms with E-state index in [0.29, 0.717) is 31.6 Å². The highest BCUT2D eigenvalue weighted by Crippen LogP contribution is 2.20. The van der Waals surface area contributed by atoms with Crippen LogP contribution < -0.4 is 5.32 Å². The molecule has 0 aromatic carbocycles. The maximum Gasteiger partial charge on any atom is 0.252 e. The van der Waals surface area contributed by atoms with Crippen LogP contribution in [0.3, 0.4) is 0 Å². The Morgan fingerprint density at radius 3 is 2.95 bits per heavy atom. The number of carbonyl (C=O) groups excluding carboxylic acids is 2. The molecule has 0 saturated carbocycles. The summed E-state index contributed by atoms with van der Waals surface area (Å²) < 4.78 is 0. The van der Waals surface area contributed by atoms with Crippen molar-refractivity contribution in [2.45, 2.75) is 25.4 Å². The SMILES string of the molecule is CC1(O)CCN(C(=O)CCNC(=O)c2ccsc2)C1. The van der Waals surface area contributed by atoms with Crippen LogP contribution in [0.2, 0.25) is 0 Å². The number of hydrogen-bond donors (Lipinski definition) is 2. The van der Waals surface area contributed by atoms with Crippen LogP contribution in [0.4, 0.5) is 0 Å². The van der Waals surface area contributed by atoms with Gasteiger partial charge in [0.2, 0.25) is 5.91 Å². The fraction of sp³-hybridized carbons (Fsp3) is 0.538. The van der Waals surface area contributed by atoms with Crippen LogP contribution >= 0.6 is 11.3 Å². The van der Waals surface area contributed by atoms with Crippen molar-refractivity contribution < 1.29 is 14.7 Å². The average Bonchev–Trinajstić information content (AvgIpc) is 2.97. The molecule has 0 bridgehead atoms. The average molecular weight is 282 g/mol. The highest BCUT2D eigenvalue weighted by Gasteiger charge is 2.33. The monoisotopic (exact) mass is 282 g/mol. The molecule has 104 valence electrons. The number of amides is 2. The molecule has 1 aromatic heterocycles. The summed E-state index contributed by atoms with van der Waals surface area (Å²) >= 11 is 1.46. The lowest BCUT2D eigenvalue weighted by Gasteiger charge is -2.19. The van der Waals surface area contributed by atoms with Crippen molar-refractivity contribution in [2.24, 2.45) is 0 Å². The molecule has 1 fully saturated rings. The summed E-state index contributed by atoms with van der Waals surface area (Å²) in [7, 11) is 0. The standard InChI is InChI=1S/C13H18N2O3S/c1-13(18)4-6-15(9-13)11(16)2-5-14-12(17)10-3-7-19-8-10/h3,7-8,18H,2,4-6,9H2,1H3,(H,14,17). The molecule has 0 aliphatic carbocycles. The second-order valence-corrected chi connectivity index (χ2v) is 5.86. The van der Waals surface area contributed by atoms with Crippen molar-refractivity contribution in [1.82, 2.24) is 10.2 Å². The smallest absolute Gasteiger partial charge is 0.252 e. The molecular weight excluding hydrogens is 264 g/mol. The fourth-order valence-corrected chi connectivity index (χ4v) is 2.73. The van der Waals surface area contributed by atoms with Gasteiger partial charge in [-0.3, -0.25) is 9.59 Å². The summed E-state index contributed by atoms with van der Waals surface area (Å²) in [4.78, 5) is 25.2. The second-order valence-electron chi connectivity index (χ2n) is 5.08. The van der Waals surface area contributed by atoms with E-state index in [2.05, 4.69) is 5.32 Å². The zero-order valence-corrected chi connectivity index (χ0v) is 11.7. The van der Waals surface area contributed by atoms with Crippen molar-refractivity contribution >= 4 is 23.2 Å². The van der Waals surface area contributed by atoms with E-state index in [0.717, 1.165) is 0 Å². The summed E-state index contributed by atoms with van der Waals surface area (Å²) in [6, 6.07) is 1.75. The second kappa shape index (κ2) is 5.71. The molecule has 5 nitrogen and oxygen atoms in total. The number of rotatable bonds is 4. The molecule has 0 spiro atoms. The van der Waals surface area contributed by atoms with Crippen LogP contribution in [0.15, 0.2) is 16.8 Å². The van der Waals surface area contributed by atoms with E-state index in [-0.39, 0.29) is 18.2 Å². The first-order valence-electron chi connectivity index (χ1n) is 6.28. The van der Waals surface area contributed by atoms with E-state index in [4.69, 9.17) is 0 Å². The van der Waals surface area contributed by atoms with E-state index >= 15 is 0 Å². The normalized spacial score (nSPS) is 22.5. The number of β-amino-alcohol motifs (C(OH)–C–C–N with tert-alkyl or cyclic N) is 1. The molecule has 2 rings (SSSR count). The van der Waals surface area contributed by atoms with Gasteiger partial charge in [-0.05, 0) is 24.8 Å². The Balaban J connectivity index is 1.71. The predicted molar refractivity (Wildman–Crippen MR) is 73.1 cm³/mol. The maximum atomic E-state index is 11.9. The van der Waals surface area contributed by atoms with E-state index < -0.39 is 5.60 Å². The quantitative estimate of drug-likeness (QED) is 0.860. The lowest BCUT2D eigenvalue weighted by Crippen LogP contribution is -2.36. The Labute approximate surface area is 116 Å². The molecule has 2 heterocycles. The van der Waals surface area contributed by atoms with E-state index in [9.17, 15) is 14.7 Å². The van der Waals surface area contributed by atoms with Crippen LogP contribution in [0.25, 0.3) is 0 Å². The number of aliphatic hydroxyl groups is 1. The van der Waals surface area contributed by atoms with Crippen molar-refractivity contribution in [2.75, 3.05) is 19.6 Å². The maximum absolute atomic E-state index is 11.9. The molecule has 1 saturated heterocycles. The van der Waals surface area contributed by atoms with Crippen LogP contribution in [0.1, 0.15) is 30.1 Å². The van der Waals surface area contributed by atoms with Crippen LogP contribution in [0.5, 0.6) is 0 Å². The molecule has 1 aliphatic heterocycles. The van der Waals surface area contributed by atoms with Crippen molar-refractivity contribution in [3.8, 4) is 0 Å². The summed E-state index contributed by atoms with van der Waals surface area (Å²) in [5.41, 5.74) is -0.142. The molecule has 6 heteroatoms. The van der Waals surface area contributed by atoms with Gasteiger partial charge in [-0.1, -0.05) is 0 Å². The van der Waals surface area contributed by atoms with Gasteiger partial charge < -0.3 is 15.3 Å². The third-order valence-corrected chi connectivity index (χ3v) is 3.90. The zero-order chi connectivity index (χ0) is 13.9. The molecule has 1 aromatic rings. The number of thiophene rings is 1. The Kier molecular flexibility index (Phi) is 4.21. The van der Waals surface area contributed by atoms with Crippen LogP contribution in [-0.2, 0) is 4.79 Å².